The molecule has 4 nitrogen and oxygen atoms in total. The van der Waals surface area contributed by atoms with Gasteiger partial charge in [0.25, 0.3) is 0 Å². The van der Waals surface area contributed by atoms with E-state index < -0.39 is 0 Å². The largest absolute Gasteiger partial charge is 0.373 e. The minimum Gasteiger partial charge on any atom is -0.373 e. The Balaban J connectivity index is 1.95. The number of pyridine rings is 1. The zero-order valence-corrected chi connectivity index (χ0v) is 10.6. The van der Waals surface area contributed by atoms with Crippen LogP contribution in [0.15, 0.2) is 18.3 Å². The molecule has 2 atom stereocenters. The van der Waals surface area contributed by atoms with E-state index in [4.69, 9.17) is 10.5 Å². The van der Waals surface area contributed by atoms with Gasteiger partial charge in [0.15, 0.2) is 0 Å². The Labute approximate surface area is 103 Å². The Bertz CT molecular complexity index is 342. The number of hydrogen-bond donors (Lipinski definition) is 1. The molecule has 0 bridgehead atoms. The molecular weight excluding hydrogens is 214 g/mol. The Morgan fingerprint density at radius 3 is 2.59 bits per heavy atom. The number of hydrogen-bond acceptors (Lipinski definition) is 4. The molecule has 0 spiro atoms. The molecule has 1 aromatic heterocycles. The Kier molecular flexibility index (Phi) is 4.10. The smallest absolute Gasteiger partial charge is 0.0678 e. The topological polar surface area (TPSA) is 51.4 Å². The number of ether oxygens (including phenoxy) is 1. The van der Waals surface area contributed by atoms with Gasteiger partial charge >= 0.3 is 0 Å². The van der Waals surface area contributed by atoms with Crippen LogP contribution in [0.2, 0.25) is 0 Å². The molecule has 0 saturated carbocycles. The molecule has 1 saturated heterocycles. The van der Waals surface area contributed by atoms with Crippen molar-refractivity contribution in [3.05, 3.63) is 29.6 Å². The molecule has 2 heterocycles. The van der Waals surface area contributed by atoms with E-state index in [0.717, 1.165) is 30.9 Å². The first kappa shape index (κ1) is 12.5. The lowest BCUT2D eigenvalue weighted by Crippen LogP contribution is -2.44. The van der Waals surface area contributed by atoms with E-state index >= 15 is 0 Å². The zero-order valence-electron chi connectivity index (χ0n) is 10.6. The first-order valence-electron chi connectivity index (χ1n) is 6.19. The van der Waals surface area contributed by atoms with Crippen molar-refractivity contribution < 1.29 is 4.74 Å². The van der Waals surface area contributed by atoms with Gasteiger partial charge in [-0.1, -0.05) is 6.07 Å². The van der Waals surface area contributed by atoms with Crippen molar-refractivity contribution in [1.82, 2.24) is 9.88 Å². The molecule has 4 heteroatoms. The predicted octanol–water partition coefficient (Wildman–Crippen LogP) is 1.15. The lowest BCUT2D eigenvalue weighted by atomic mass is 10.2. The van der Waals surface area contributed by atoms with Crippen LogP contribution in [0.5, 0.6) is 0 Å². The molecule has 1 fully saturated rings. The molecule has 0 aromatic carbocycles. The predicted molar refractivity (Wildman–Crippen MR) is 67.4 cm³/mol. The molecule has 0 radical (unpaired) electrons. The molecule has 1 aliphatic rings. The Morgan fingerprint density at radius 1 is 1.35 bits per heavy atom. The summed E-state index contributed by atoms with van der Waals surface area (Å²) in [5.74, 6) is 0. The quantitative estimate of drug-likeness (QED) is 0.854. The van der Waals surface area contributed by atoms with Gasteiger partial charge in [0.2, 0.25) is 0 Å². The summed E-state index contributed by atoms with van der Waals surface area (Å²) >= 11 is 0. The van der Waals surface area contributed by atoms with Crippen molar-refractivity contribution in [3.63, 3.8) is 0 Å². The Morgan fingerprint density at radius 2 is 2.06 bits per heavy atom. The van der Waals surface area contributed by atoms with Crippen molar-refractivity contribution in [2.75, 3.05) is 13.1 Å². The van der Waals surface area contributed by atoms with Crippen LogP contribution in [0.3, 0.4) is 0 Å². The first-order chi connectivity index (χ1) is 8.17. The summed E-state index contributed by atoms with van der Waals surface area (Å²) < 4.78 is 5.71. The third kappa shape index (κ3) is 3.49. The molecule has 0 aliphatic carbocycles. The molecule has 0 amide bonds. The fourth-order valence-electron chi connectivity index (χ4n) is 2.31. The van der Waals surface area contributed by atoms with Crippen molar-refractivity contribution in [1.29, 1.82) is 0 Å². The number of morpholine rings is 1. The van der Waals surface area contributed by atoms with E-state index in [1.165, 1.54) is 0 Å². The number of nitrogens with two attached hydrogens (primary N) is 1. The molecule has 1 aromatic rings. The molecular formula is C13H21N3O. The van der Waals surface area contributed by atoms with E-state index in [0.29, 0.717) is 18.8 Å². The van der Waals surface area contributed by atoms with Crippen molar-refractivity contribution in [3.8, 4) is 0 Å². The maximum Gasteiger partial charge on any atom is 0.0678 e. The van der Waals surface area contributed by atoms with Crippen molar-refractivity contribution >= 4 is 0 Å². The maximum absolute atomic E-state index is 5.71. The first-order valence-corrected chi connectivity index (χ1v) is 6.19. The summed E-state index contributed by atoms with van der Waals surface area (Å²) in [5.41, 5.74) is 7.74. The number of aromatic nitrogens is 1. The van der Waals surface area contributed by atoms with E-state index in [1.54, 1.807) is 0 Å². The van der Waals surface area contributed by atoms with Crippen LogP contribution in [0, 0.1) is 0 Å². The summed E-state index contributed by atoms with van der Waals surface area (Å²) in [5, 5.41) is 0. The number of rotatable bonds is 3. The lowest BCUT2D eigenvalue weighted by Gasteiger charge is -2.35. The SMILES string of the molecule is CC1CN(Cc2ccc(CN)cn2)CC(C)O1. The van der Waals surface area contributed by atoms with E-state index in [2.05, 4.69) is 35.9 Å². The van der Waals surface area contributed by atoms with Gasteiger partial charge in [0, 0.05) is 32.4 Å². The summed E-state index contributed by atoms with van der Waals surface area (Å²) in [6.45, 7) is 7.64. The average Bonchev–Trinajstić information content (AvgIpc) is 2.28. The second kappa shape index (κ2) is 5.58. The highest BCUT2D eigenvalue weighted by molar-refractivity contribution is 5.13. The molecule has 94 valence electrons. The molecule has 2 unspecified atom stereocenters. The third-order valence-electron chi connectivity index (χ3n) is 3.00. The van der Waals surface area contributed by atoms with Gasteiger partial charge in [0.05, 0.1) is 17.9 Å². The Hall–Kier alpha value is -0.970. The highest BCUT2D eigenvalue weighted by atomic mass is 16.5. The number of nitrogens with zero attached hydrogens (tertiary/aromatic N) is 2. The molecule has 2 N–H and O–H groups in total. The fraction of sp³-hybridized carbons (Fsp3) is 0.615. The standard InChI is InChI=1S/C13H21N3O/c1-10-7-16(8-11(2)17-10)9-13-4-3-12(5-14)6-15-13/h3-4,6,10-11H,5,7-9,14H2,1-2H3. The minimum atomic E-state index is 0.307. The lowest BCUT2D eigenvalue weighted by molar-refractivity contribution is -0.0707. The van der Waals surface area contributed by atoms with Gasteiger partial charge in [-0.3, -0.25) is 9.88 Å². The minimum absolute atomic E-state index is 0.307. The van der Waals surface area contributed by atoms with Crippen LogP contribution in [-0.2, 0) is 17.8 Å². The molecule has 2 rings (SSSR count). The van der Waals surface area contributed by atoms with E-state index in [1.807, 2.05) is 6.20 Å². The monoisotopic (exact) mass is 235 g/mol. The highest BCUT2D eigenvalue weighted by Gasteiger charge is 2.22. The van der Waals surface area contributed by atoms with Crippen molar-refractivity contribution in [2.24, 2.45) is 5.73 Å². The summed E-state index contributed by atoms with van der Waals surface area (Å²) in [7, 11) is 0. The molecule has 17 heavy (non-hydrogen) atoms. The zero-order chi connectivity index (χ0) is 12.3. The average molecular weight is 235 g/mol. The summed E-state index contributed by atoms with van der Waals surface area (Å²) in [4.78, 5) is 6.82. The summed E-state index contributed by atoms with van der Waals surface area (Å²) in [6, 6.07) is 4.11. The highest BCUT2D eigenvalue weighted by Crippen LogP contribution is 2.13. The van der Waals surface area contributed by atoms with Gasteiger partial charge in [-0.2, -0.15) is 0 Å². The van der Waals surface area contributed by atoms with E-state index in [-0.39, 0.29) is 0 Å². The van der Waals surface area contributed by atoms with Crippen LogP contribution in [0.4, 0.5) is 0 Å². The second-order valence-electron chi connectivity index (χ2n) is 4.81. The van der Waals surface area contributed by atoms with Gasteiger partial charge in [-0.15, -0.1) is 0 Å². The van der Waals surface area contributed by atoms with Crippen LogP contribution in [-0.4, -0.2) is 35.2 Å². The van der Waals surface area contributed by atoms with E-state index in [9.17, 15) is 0 Å². The van der Waals surface area contributed by atoms with Crippen LogP contribution >= 0.6 is 0 Å². The third-order valence-corrected chi connectivity index (χ3v) is 3.00. The normalized spacial score (nSPS) is 26.1. The maximum atomic E-state index is 5.71. The van der Waals surface area contributed by atoms with Crippen LogP contribution < -0.4 is 5.73 Å². The molecule has 1 aliphatic heterocycles. The fourth-order valence-corrected chi connectivity index (χ4v) is 2.31. The van der Waals surface area contributed by atoms with Gasteiger partial charge in [-0.05, 0) is 25.5 Å². The van der Waals surface area contributed by atoms with Crippen LogP contribution in [0.1, 0.15) is 25.1 Å². The summed E-state index contributed by atoms with van der Waals surface area (Å²) in [6.07, 6.45) is 2.48. The second-order valence-corrected chi connectivity index (χ2v) is 4.81. The van der Waals surface area contributed by atoms with Gasteiger partial charge in [0.1, 0.15) is 0 Å². The van der Waals surface area contributed by atoms with Crippen molar-refractivity contribution in [2.45, 2.75) is 39.1 Å². The van der Waals surface area contributed by atoms with Crippen LogP contribution in [0.25, 0.3) is 0 Å². The van der Waals surface area contributed by atoms with Gasteiger partial charge < -0.3 is 10.5 Å². The van der Waals surface area contributed by atoms with Gasteiger partial charge in [-0.25, -0.2) is 0 Å².